The van der Waals surface area contributed by atoms with Crippen LogP contribution in [-0.4, -0.2) is 24.6 Å². The Morgan fingerprint density at radius 3 is 0.579 bits per heavy atom. The minimum atomic E-state index is -0.707. The molecule has 0 aliphatic rings. The first-order valence-electron chi connectivity index (χ1n) is 18.6. The third-order valence-electron chi connectivity index (χ3n) is 9.19. The van der Waals surface area contributed by atoms with E-state index in [2.05, 4.69) is 27.7 Å². The van der Waals surface area contributed by atoms with Gasteiger partial charge in [0, 0.05) is 7.26 Å². The summed E-state index contributed by atoms with van der Waals surface area (Å²) in [6.45, 7) is 9.42. The molecule has 1 heteroatoms. The van der Waals surface area contributed by atoms with Gasteiger partial charge in [0.2, 0.25) is 0 Å². The van der Waals surface area contributed by atoms with E-state index in [1.54, 1.807) is 50.3 Å². The summed E-state index contributed by atoms with van der Waals surface area (Å²) in [5.41, 5.74) is 0. The van der Waals surface area contributed by atoms with E-state index in [1.165, 1.54) is 161 Å². The molecule has 0 aliphatic carbocycles. The second-order valence-electron chi connectivity index (χ2n) is 13.1. The maximum Gasteiger partial charge on any atom is 0.0594 e. The predicted molar refractivity (Wildman–Crippen MR) is 183 cm³/mol. The van der Waals surface area contributed by atoms with Gasteiger partial charge in [-0.1, -0.05) is 163 Å². The maximum absolute atomic E-state index is 2.37. The van der Waals surface area contributed by atoms with Crippen molar-refractivity contribution in [1.29, 1.82) is 0 Å². The van der Waals surface area contributed by atoms with E-state index in [9.17, 15) is 0 Å². The predicted octanol–water partition coefficient (Wildman–Crippen LogP) is 14.4. The summed E-state index contributed by atoms with van der Waals surface area (Å²) in [6.07, 6.45) is 49.6. The molecule has 0 N–H and O–H groups in total. The molecule has 0 radical (unpaired) electrons. The largest absolute Gasteiger partial charge is 0.0654 e. The van der Waals surface area contributed by atoms with Crippen LogP contribution in [0.15, 0.2) is 0 Å². The van der Waals surface area contributed by atoms with Crippen LogP contribution in [0.25, 0.3) is 0 Å². The lowest BCUT2D eigenvalue weighted by atomic mass is 10.0. The van der Waals surface area contributed by atoms with Gasteiger partial charge in [-0.15, -0.1) is 0 Å². The molecule has 0 aromatic heterocycles. The fraction of sp³-hybridized carbons (Fsp3) is 1.00. The third kappa shape index (κ3) is 26.6. The van der Waals surface area contributed by atoms with Gasteiger partial charge < -0.3 is 0 Å². The number of hydrogen-bond acceptors (Lipinski definition) is 0. The van der Waals surface area contributed by atoms with Crippen molar-refractivity contribution in [3.8, 4) is 0 Å². The van der Waals surface area contributed by atoms with Gasteiger partial charge in [-0.2, -0.15) is 0 Å². The van der Waals surface area contributed by atoms with Crippen LogP contribution in [0.4, 0.5) is 0 Å². The van der Waals surface area contributed by atoms with Crippen molar-refractivity contribution in [3.63, 3.8) is 0 Å². The summed E-state index contributed by atoms with van der Waals surface area (Å²) >= 11 is 0. The molecule has 0 unspecified atom stereocenters. The van der Waals surface area contributed by atoms with Gasteiger partial charge in [-0.3, -0.25) is 0 Å². The van der Waals surface area contributed by atoms with Crippen LogP contribution < -0.4 is 0 Å². The highest BCUT2D eigenvalue weighted by atomic mass is 31.2. The molecule has 0 aliphatic heterocycles. The van der Waals surface area contributed by atoms with Crippen LogP contribution in [0.2, 0.25) is 0 Å². The smallest absolute Gasteiger partial charge is 0.0594 e. The topological polar surface area (TPSA) is 0 Å². The van der Waals surface area contributed by atoms with Crippen LogP contribution in [0.3, 0.4) is 0 Å². The lowest BCUT2D eigenvalue weighted by Crippen LogP contribution is -2.13. The molecule has 0 aromatic carbocycles. The Balaban J connectivity index is 4.08. The van der Waals surface area contributed by atoms with Crippen molar-refractivity contribution in [2.24, 2.45) is 0 Å². The molecule has 0 amide bonds. The van der Waals surface area contributed by atoms with E-state index in [-0.39, 0.29) is 0 Å². The Kier molecular flexibility index (Phi) is 32.3. The summed E-state index contributed by atoms with van der Waals surface area (Å²) in [7, 11) is -0.707. The van der Waals surface area contributed by atoms with Crippen molar-refractivity contribution < 1.29 is 0 Å². The molecule has 0 aromatic rings. The Morgan fingerprint density at radius 1 is 0.211 bits per heavy atom. The summed E-state index contributed by atoms with van der Waals surface area (Å²) in [5.74, 6) is 0. The minimum absolute atomic E-state index is 0.707. The van der Waals surface area contributed by atoms with Crippen molar-refractivity contribution in [3.05, 3.63) is 0 Å². The molecule has 0 fully saturated rings. The molecule has 0 atom stereocenters. The highest BCUT2D eigenvalue weighted by Crippen LogP contribution is 2.61. The summed E-state index contributed by atoms with van der Waals surface area (Å²) in [5, 5.41) is 0. The zero-order valence-electron chi connectivity index (χ0n) is 27.8. The summed E-state index contributed by atoms with van der Waals surface area (Å²) in [4.78, 5) is 0. The first kappa shape index (κ1) is 38.4. The Morgan fingerprint density at radius 2 is 0.368 bits per heavy atom. The fourth-order valence-electron chi connectivity index (χ4n) is 6.46. The molecule has 0 heterocycles. The van der Waals surface area contributed by atoms with E-state index in [0.29, 0.717) is 0 Å². The summed E-state index contributed by atoms with van der Waals surface area (Å²) < 4.78 is 0. The summed E-state index contributed by atoms with van der Waals surface area (Å²) in [6, 6.07) is 0. The monoisotopic (exact) mass is 554 g/mol. The second-order valence-corrected chi connectivity index (χ2v) is 17.5. The van der Waals surface area contributed by atoms with Gasteiger partial charge in [0.05, 0.1) is 24.6 Å². The molecule has 0 nitrogen and oxygen atoms in total. The van der Waals surface area contributed by atoms with Crippen molar-refractivity contribution in [2.45, 2.75) is 214 Å². The Hall–Kier alpha value is 0.430. The van der Waals surface area contributed by atoms with Crippen molar-refractivity contribution in [1.82, 2.24) is 0 Å². The molecular weight excluding hydrogens is 475 g/mol. The average molecular weight is 554 g/mol. The molecule has 0 saturated heterocycles. The van der Waals surface area contributed by atoms with Crippen LogP contribution in [-0.2, 0) is 0 Å². The van der Waals surface area contributed by atoms with Crippen molar-refractivity contribution >= 4 is 7.26 Å². The third-order valence-corrected chi connectivity index (χ3v) is 14.3. The van der Waals surface area contributed by atoms with E-state index in [0.717, 1.165) is 0 Å². The van der Waals surface area contributed by atoms with E-state index < -0.39 is 7.26 Å². The Bertz CT molecular complexity index is 386. The van der Waals surface area contributed by atoms with E-state index in [1.807, 2.05) is 0 Å². The lowest BCUT2D eigenvalue weighted by Gasteiger charge is -2.28. The number of hydrogen-bond donors (Lipinski definition) is 0. The number of unbranched alkanes of at least 4 members (excludes halogenated alkanes) is 25. The van der Waals surface area contributed by atoms with E-state index in [4.69, 9.17) is 0 Å². The highest BCUT2D eigenvalue weighted by Gasteiger charge is 2.34. The van der Waals surface area contributed by atoms with Gasteiger partial charge in [0.1, 0.15) is 0 Å². The van der Waals surface area contributed by atoms with Crippen LogP contribution >= 0.6 is 7.26 Å². The number of rotatable bonds is 33. The molecule has 0 spiro atoms. The van der Waals surface area contributed by atoms with Crippen LogP contribution in [0, 0.1) is 0 Å². The second kappa shape index (κ2) is 32.0. The standard InChI is InChI=1S/C37H78P/c1-5-9-13-17-18-19-20-21-22-23-24-25-26-27-28-29-33-37-38(34-30-14-10-6-2,35-31-15-11-7-3)36-32-16-12-8-4/h5-37H2,1-4H3/q+1. The maximum atomic E-state index is 2.37. The highest BCUT2D eigenvalue weighted by molar-refractivity contribution is 7.75. The molecule has 0 bridgehead atoms. The first-order valence-corrected chi connectivity index (χ1v) is 21.1. The van der Waals surface area contributed by atoms with Crippen LogP contribution in [0.5, 0.6) is 0 Å². The van der Waals surface area contributed by atoms with Crippen LogP contribution in [0.1, 0.15) is 214 Å². The van der Waals surface area contributed by atoms with Gasteiger partial charge in [-0.25, -0.2) is 0 Å². The molecule has 230 valence electrons. The zero-order chi connectivity index (χ0) is 27.8. The molecule has 0 rings (SSSR count). The first-order chi connectivity index (χ1) is 18.7. The average Bonchev–Trinajstić information content (AvgIpc) is 2.93. The molecule has 0 saturated carbocycles. The van der Waals surface area contributed by atoms with Gasteiger partial charge in [0.25, 0.3) is 0 Å². The zero-order valence-corrected chi connectivity index (χ0v) is 28.7. The van der Waals surface area contributed by atoms with Gasteiger partial charge >= 0.3 is 0 Å². The molecular formula is C37H78P+. The quantitative estimate of drug-likeness (QED) is 0.0560. The van der Waals surface area contributed by atoms with Crippen molar-refractivity contribution in [2.75, 3.05) is 24.6 Å². The SMILES string of the molecule is CCCCCCCCCCCCCCCCCCC[P+](CCCCCC)(CCCCCC)CCCCCC. The Labute approximate surface area is 245 Å². The van der Waals surface area contributed by atoms with Gasteiger partial charge in [-0.05, 0) is 51.4 Å². The van der Waals surface area contributed by atoms with Gasteiger partial charge in [0.15, 0.2) is 0 Å². The normalized spacial score (nSPS) is 12.0. The van der Waals surface area contributed by atoms with E-state index >= 15 is 0 Å². The molecule has 38 heavy (non-hydrogen) atoms. The minimum Gasteiger partial charge on any atom is -0.0654 e. The lowest BCUT2D eigenvalue weighted by molar-refractivity contribution is 0.529. The fourth-order valence-corrected chi connectivity index (χ4v) is 11.4.